The maximum Gasteiger partial charge on any atom is 0.270 e. The number of aromatic nitrogens is 1. The maximum absolute atomic E-state index is 12.9. The van der Waals surface area contributed by atoms with E-state index in [2.05, 4.69) is 27.1 Å². The quantitative estimate of drug-likeness (QED) is 0.931. The Bertz CT molecular complexity index is 679. The van der Waals surface area contributed by atoms with Gasteiger partial charge in [-0.2, -0.15) is 0 Å². The van der Waals surface area contributed by atoms with Crippen molar-refractivity contribution in [3.63, 3.8) is 0 Å². The topological polar surface area (TPSA) is 48.5 Å². The van der Waals surface area contributed by atoms with Crippen molar-refractivity contribution in [2.24, 2.45) is 0 Å². The van der Waals surface area contributed by atoms with E-state index >= 15 is 0 Å². The summed E-state index contributed by atoms with van der Waals surface area (Å²) in [5, 5.41) is 2.80. The standard InChI is InChI=1S/C18H21FN4O/c1-22-8-10-23(11-9-22)16-6-7-17(20-13-16)18(24)21-12-14-2-4-15(19)5-3-14/h2-7,13H,8-12H2,1H3,(H,21,24). The first-order valence-electron chi connectivity index (χ1n) is 8.04. The average molecular weight is 328 g/mol. The molecule has 1 fully saturated rings. The molecule has 2 heterocycles. The van der Waals surface area contributed by atoms with Crippen molar-refractivity contribution in [1.29, 1.82) is 0 Å². The van der Waals surface area contributed by atoms with E-state index in [0.29, 0.717) is 12.2 Å². The van der Waals surface area contributed by atoms with Gasteiger partial charge in [-0.15, -0.1) is 0 Å². The molecule has 1 aliphatic rings. The second-order valence-corrected chi connectivity index (χ2v) is 6.00. The lowest BCUT2D eigenvalue weighted by molar-refractivity contribution is 0.0946. The maximum atomic E-state index is 12.9. The number of pyridine rings is 1. The number of halogens is 1. The smallest absolute Gasteiger partial charge is 0.270 e. The van der Waals surface area contributed by atoms with Crippen LogP contribution in [0.5, 0.6) is 0 Å². The second-order valence-electron chi connectivity index (χ2n) is 6.00. The molecular weight excluding hydrogens is 307 g/mol. The van der Waals surface area contributed by atoms with Gasteiger partial charge in [-0.3, -0.25) is 4.79 Å². The third kappa shape index (κ3) is 4.08. The van der Waals surface area contributed by atoms with Gasteiger partial charge in [0, 0.05) is 32.7 Å². The molecule has 6 heteroatoms. The number of likely N-dealkylation sites (N-methyl/N-ethyl adjacent to an activating group) is 1. The minimum absolute atomic E-state index is 0.232. The summed E-state index contributed by atoms with van der Waals surface area (Å²) in [7, 11) is 2.12. The van der Waals surface area contributed by atoms with Crippen molar-refractivity contribution in [3.05, 3.63) is 59.7 Å². The summed E-state index contributed by atoms with van der Waals surface area (Å²) in [5.41, 5.74) is 2.27. The lowest BCUT2D eigenvalue weighted by Gasteiger charge is -2.33. The highest BCUT2D eigenvalue weighted by Crippen LogP contribution is 2.15. The Kier molecular flexibility index (Phi) is 5.05. The van der Waals surface area contributed by atoms with Crippen molar-refractivity contribution in [2.45, 2.75) is 6.54 Å². The van der Waals surface area contributed by atoms with E-state index in [0.717, 1.165) is 37.4 Å². The van der Waals surface area contributed by atoms with E-state index in [1.165, 1.54) is 12.1 Å². The number of carbonyl (C=O) groups is 1. The molecular formula is C18H21FN4O. The predicted octanol–water partition coefficient (Wildman–Crippen LogP) is 1.90. The number of nitrogens with one attached hydrogen (secondary N) is 1. The Hall–Kier alpha value is -2.47. The Morgan fingerprint density at radius 1 is 1.12 bits per heavy atom. The largest absolute Gasteiger partial charge is 0.368 e. The highest BCUT2D eigenvalue weighted by Gasteiger charge is 2.15. The van der Waals surface area contributed by atoms with Gasteiger partial charge >= 0.3 is 0 Å². The van der Waals surface area contributed by atoms with E-state index in [4.69, 9.17) is 0 Å². The molecule has 0 unspecified atom stereocenters. The van der Waals surface area contributed by atoms with Crippen molar-refractivity contribution in [3.8, 4) is 0 Å². The first kappa shape index (κ1) is 16.4. The zero-order valence-corrected chi connectivity index (χ0v) is 13.7. The number of rotatable bonds is 4. The Morgan fingerprint density at radius 2 is 1.83 bits per heavy atom. The molecule has 0 aliphatic carbocycles. The van der Waals surface area contributed by atoms with E-state index in [1.807, 2.05) is 6.07 Å². The van der Waals surface area contributed by atoms with Crippen LogP contribution in [0.4, 0.5) is 10.1 Å². The van der Waals surface area contributed by atoms with Gasteiger partial charge in [-0.25, -0.2) is 9.37 Å². The molecule has 2 aromatic rings. The second kappa shape index (κ2) is 7.40. The van der Waals surface area contributed by atoms with Gasteiger partial charge in [-0.1, -0.05) is 12.1 Å². The summed E-state index contributed by atoms with van der Waals surface area (Å²) >= 11 is 0. The lowest BCUT2D eigenvalue weighted by atomic mass is 10.2. The number of anilines is 1. The molecule has 0 saturated carbocycles. The van der Waals surface area contributed by atoms with Crippen LogP contribution < -0.4 is 10.2 Å². The number of carbonyl (C=O) groups excluding carboxylic acids is 1. The number of hydrogen-bond acceptors (Lipinski definition) is 4. The fourth-order valence-corrected chi connectivity index (χ4v) is 2.65. The average Bonchev–Trinajstić information content (AvgIpc) is 2.62. The van der Waals surface area contributed by atoms with Gasteiger partial charge in [0.2, 0.25) is 0 Å². The van der Waals surface area contributed by atoms with Gasteiger partial charge in [0.15, 0.2) is 0 Å². The summed E-state index contributed by atoms with van der Waals surface area (Å²) < 4.78 is 12.9. The van der Waals surface area contributed by atoms with E-state index in [-0.39, 0.29) is 11.7 Å². The molecule has 1 N–H and O–H groups in total. The minimum atomic E-state index is -0.286. The van der Waals surface area contributed by atoms with Gasteiger partial charge in [0.1, 0.15) is 11.5 Å². The number of nitrogens with zero attached hydrogens (tertiary/aromatic N) is 3. The molecule has 1 saturated heterocycles. The minimum Gasteiger partial charge on any atom is -0.368 e. The lowest BCUT2D eigenvalue weighted by Crippen LogP contribution is -2.44. The van der Waals surface area contributed by atoms with Crippen LogP contribution in [0.3, 0.4) is 0 Å². The number of amides is 1. The van der Waals surface area contributed by atoms with Crippen molar-refractivity contribution < 1.29 is 9.18 Å². The summed E-state index contributed by atoms with van der Waals surface area (Å²) in [6, 6.07) is 9.74. The summed E-state index contributed by atoms with van der Waals surface area (Å²) in [6.45, 7) is 4.34. The molecule has 126 valence electrons. The highest BCUT2D eigenvalue weighted by atomic mass is 19.1. The van der Waals surface area contributed by atoms with E-state index in [9.17, 15) is 9.18 Å². The molecule has 0 spiro atoms. The van der Waals surface area contributed by atoms with Gasteiger partial charge in [-0.05, 0) is 36.9 Å². The molecule has 1 aromatic heterocycles. The third-order valence-electron chi connectivity index (χ3n) is 4.22. The van der Waals surface area contributed by atoms with Crippen LogP contribution in [0, 0.1) is 5.82 Å². The first-order chi connectivity index (χ1) is 11.6. The SMILES string of the molecule is CN1CCN(c2ccc(C(=O)NCc3ccc(F)cc3)nc2)CC1. The van der Waals surface area contributed by atoms with E-state index in [1.54, 1.807) is 24.4 Å². The molecule has 5 nitrogen and oxygen atoms in total. The predicted molar refractivity (Wildman–Crippen MR) is 91.5 cm³/mol. The Balaban J connectivity index is 1.56. The van der Waals surface area contributed by atoms with Crippen LogP contribution in [0.15, 0.2) is 42.6 Å². The van der Waals surface area contributed by atoms with E-state index < -0.39 is 0 Å². The summed E-state index contributed by atoms with van der Waals surface area (Å²) in [6.07, 6.45) is 1.75. The molecule has 3 rings (SSSR count). The van der Waals surface area contributed by atoms with Crippen LogP contribution in [0.1, 0.15) is 16.1 Å². The molecule has 0 radical (unpaired) electrons. The first-order valence-corrected chi connectivity index (χ1v) is 8.04. The number of benzene rings is 1. The molecule has 1 aliphatic heterocycles. The summed E-state index contributed by atoms with van der Waals surface area (Å²) in [5.74, 6) is -0.518. The zero-order chi connectivity index (χ0) is 16.9. The van der Waals surface area contributed by atoms with Gasteiger partial charge < -0.3 is 15.1 Å². The van der Waals surface area contributed by atoms with Crippen molar-refractivity contribution in [1.82, 2.24) is 15.2 Å². The molecule has 0 bridgehead atoms. The normalized spacial score (nSPS) is 15.3. The van der Waals surface area contributed by atoms with Gasteiger partial charge in [0.05, 0.1) is 11.9 Å². The zero-order valence-electron chi connectivity index (χ0n) is 13.7. The molecule has 24 heavy (non-hydrogen) atoms. The fraction of sp³-hybridized carbons (Fsp3) is 0.333. The van der Waals surface area contributed by atoms with Crippen LogP contribution in [-0.4, -0.2) is 49.0 Å². The third-order valence-corrected chi connectivity index (χ3v) is 4.22. The molecule has 1 aromatic carbocycles. The van der Waals surface area contributed by atoms with Crippen LogP contribution in [0.25, 0.3) is 0 Å². The van der Waals surface area contributed by atoms with Crippen LogP contribution in [-0.2, 0) is 6.54 Å². The van der Waals surface area contributed by atoms with Crippen LogP contribution in [0.2, 0.25) is 0 Å². The fourth-order valence-electron chi connectivity index (χ4n) is 2.65. The molecule has 0 atom stereocenters. The Labute approximate surface area is 141 Å². The highest BCUT2D eigenvalue weighted by molar-refractivity contribution is 5.92. The van der Waals surface area contributed by atoms with Crippen molar-refractivity contribution >= 4 is 11.6 Å². The monoisotopic (exact) mass is 328 g/mol. The molecule has 1 amide bonds. The number of piperazine rings is 1. The van der Waals surface area contributed by atoms with Crippen molar-refractivity contribution in [2.75, 3.05) is 38.1 Å². The number of hydrogen-bond donors (Lipinski definition) is 1. The Morgan fingerprint density at radius 3 is 2.46 bits per heavy atom. The van der Waals surface area contributed by atoms with Gasteiger partial charge in [0.25, 0.3) is 5.91 Å². The van der Waals surface area contributed by atoms with Crippen LogP contribution >= 0.6 is 0 Å². The summed E-state index contributed by atoms with van der Waals surface area (Å²) in [4.78, 5) is 21.0.